The van der Waals surface area contributed by atoms with Gasteiger partial charge in [-0.3, -0.25) is 15.0 Å². The van der Waals surface area contributed by atoms with E-state index in [1.165, 1.54) is 12.1 Å². The second kappa shape index (κ2) is 7.40. The summed E-state index contributed by atoms with van der Waals surface area (Å²) in [6.45, 7) is 3.59. The molecule has 0 spiro atoms. The predicted molar refractivity (Wildman–Crippen MR) is 74.6 cm³/mol. The lowest BCUT2D eigenvalue weighted by Gasteiger charge is -2.34. The first kappa shape index (κ1) is 15.8. The molecule has 0 bridgehead atoms. The molecular formula is C12H18ClN3O3. The van der Waals surface area contributed by atoms with Crippen LogP contribution in [0.5, 0.6) is 0 Å². The number of nitro groups is 1. The molecule has 106 valence electrons. The molecule has 0 unspecified atom stereocenters. The summed E-state index contributed by atoms with van der Waals surface area (Å²) >= 11 is 0. The molecule has 1 atom stereocenters. The quantitative estimate of drug-likeness (QED) is 0.637. The van der Waals surface area contributed by atoms with Gasteiger partial charge in [0.05, 0.1) is 17.6 Å². The predicted octanol–water partition coefficient (Wildman–Crippen LogP) is 0.955. The minimum absolute atomic E-state index is 0. The molecule has 0 saturated carbocycles. The van der Waals surface area contributed by atoms with Crippen molar-refractivity contribution in [2.75, 3.05) is 32.8 Å². The van der Waals surface area contributed by atoms with Crippen molar-refractivity contribution in [3.8, 4) is 0 Å². The van der Waals surface area contributed by atoms with E-state index in [9.17, 15) is 15.2 Å². The number of non-ortho nitro benzene ring substituents is 1. The Morgan fingerprint density at radius 3 is 2.37 bits per heavy atom. The lowest BCUT2D eigenvalue weighted by molar-refractivity contribution is -0.384. The summed E-state index contributed by atoms with van der Waals surface area (Å²) in [6.07, 6.45) is 0. The number of hydrogen-bond acceptors (Lipinski definition) is 5. The number of aliphatic hydroxyl groups excluding tert-OH is 1. The van der Waals surface area contributed by atoms with Gasteiger partial charge in [-0.25, -0.2) is 0 Å². The molecular weight excluding hydrogens is 270 g/mol. The normalized spacial score (nSPS) is 17.5. The van der Waals surface area contributed by atoms with Crippen molar-refractivity contribution in [1.29, 1.82) is 0 Å². The van der Waals surface area contributed by atoms with Crippen molar-refractivity contribution >= 4 is 18.1 Å². The van der Waals surface area contributed by atoms with Gasteiger partial charge in [0.25, 0.3) is 5.69 Å². The number of piperazine rings is 1. The Kier molecular flexibility index (Phi) is 6.17. The highest BCUT2D eigenvalue weighted by molar-refractivity contribution is 5.85. The van der Waals surface area contributed by atoms with Gasteiger partial charge < -0.3 is 10.4 Å². The Labute approximate surface area is 118 Å². The van der Waals surface area contributed by atoms with E-state index in [0.29, 0.717) is 0 Å². The molecule has 1 heterocycles. The summed E-state index contributed by atoms with van der Waals surface area (Å²) in [6, 6.07) is 6.34. The fraction of sp³-hybridized carbons (Fsp3) is 0.500. The van der Waals surface area contributed by atoms with Crippen LogP contribution in [0.2, 0.25) is 0 Å². The zero-order chi connectivity index (χ0) is 13.0. The Bertz CT molecular complexity index is 407. The molecule has 19 heavy (non-hydrogen) atoms. The van der Waals surface area contributed by atoms with Crippen LogP contribution in [-0.2, 0) is 0 Å². The van der Waals surface area contributed by atoms with Gasteiger partial charge in [-0.05, 0) is 5.56 Å². The van der Waals surface area contributed by atoms with Crippen LogP contribution in [0.25, 0.3) is 0 Å². The molecule has 0 aliphatic carbocycles. The molecule has 1 aliphatic heterocycles. The largest absolute Gasteiger partial charge is 0.394 e. The Morgan fingerprint density at radius 2 is 1.89 bits per heavy atom. The first-order valence-electron chi connectivity index (χ1n) is 6.02. The molecule has 1 aliphatic rings. The standard InChI is InChI=1S/C12H17N3O3.ClH/c16-9-12(14-7-5-13-6-8-14)10-1-3-11(4-2-10)15(17)18;/h1-4,12-13,16H,5-9H2;1H/t12-;/m0./s1. The molecule has 1 aromatic carbocycles. The highest BCUT2D eigenvalue weighted by Crippen LogP contribution is 2.22. The topological polar surface area (TPSA) is 78.6 Å². The van der Waals surface area contributed by atoms with Crippen LogP contribution in [0, 0.1) is 10.1 Å². The third kappa shape index (κ3) is 3.87. The van der Waals surface area contributed by atoms with Gasteiger partial charge in [0.1, 0.15) is 0 Å². The van der Waals surface area contributed by atoms with E-state index in [-0.39, 0.29) is 30.7 Å². The molecule has 0 radical (unpaired) electrons. The second-order valence-electron chi connectivity index (χ2n) is 4.33. The van der Waals surface area contributed by atoms with E-state index in [1.54, 1.807) is 12.1 Å². The molecule has 2 rings (SSSR count). The Morgan fingerprint density at radius 1 is 1.32 bits per heavy atom. The van der Waals surface area contributed by atoms with Crippen LogP contribution >= 0.6 is 12.4 Å². The van der Waals surface area contributed by atoms with E-state index in [0.717, 1.165) is 31.7 Å². The zero-order valence-corrected chi connectivity index (χ0v) is 11.3. The maximum absolute atomic E-state index is 10.6. The average molecular weight is 288 g/mol. The number of hydrogen-bond donors (Lipinski definition) is 2. The van der Waals surface area contributed by atoms with Crippen LogP contribution in [-0.4, -0.2) is 47.7 Å². The molecule has 0 aromatic heterocycles. The molecule has 1 aromatic rings. The minimum Gasteiger partial charge on any atom is -0.394 e. The van der Waals surface area contributed by atoms with E-state index >= 15 is 0 Å². The third-order valence-corrected chi connectivity index (χ3v) is 3.25. The average Bonchev–Trinajstić information content (AvgIpc) is 2.41. The number of rotatable bonds is 4. The number of benzene rings is 1. The lowest BCUT2D eigenvalue weighted by Crippen LogP contribution is -2.46. The molecule has 0 amide bonds. The van der Waals surface area contributed by atoms with E-state index in [4.69, 9.17) is 0 Å². The van der Waals surface area contributed by atoms with Crippen LogP contribution < -0.4 is 5.32 Å². The lowest BCUT2D eigenvalue weighted by atomic mass is 10.0. The highest BCUT2D eigenvalue weighted by atomic mass is 35.5. The molecule has 7 heteroatoms. The molecule has 1 fully saturated rings. The monoisotopic (exact) mass is 287 g/mol. The van der Waals surface area contributed by atoms with Gasteiger partial charge in [-0.2, -0.15) is 0 Å². The van der Waals surface area contributed by atoms with Crippen molar-refractivity contribution in [2.24, 2.45) is 0 Å². The number of nitrogens with zero attached hydrogens (tertiary/aromatic N) is 2. The van der Waals surface area contributed by atoms with Crippen LogP contribution in [0.15, 0.2) is 24.3 Å². The maximum Gasteiger partial charge on any atom is 0.269 e. The van der Waals surface area contributed by atoms with E-state index < -0.39 is 4.92 Å². The van der Waals surface area contributed by atoms with Crippen molar-refractivity contribution in [2.45, 2.75) is 6.04 Å². The number of halogens is 1. The third-order valence-electron chi connectivity index (χ3n) is 3.25. The minimum atomic E-state index is -0.414. The van der Waals surface area contributed by atoms with Crippen molar-refractivity contribution < 1.29 is 10.0 Å². The van der Waals surface area contributed by atoms with Crippen molar-refractivity contribution in [3.63, 3.8) is 0 Å². The van der Waals surface area contributed by atoms with E-state index in [1.807, 2.05) is 0 Å². The first-order chi connectivity index (χ1) is 8.72. The van der Waals surface area contributed by atoms with E-state index in [2.05, 4.69) is 10.2 Å². The maximum atomic E-state index is 10.6. The summed E-state index contributed by atoms with van der Waals surface area (Å²) in [5.74, 6) is 0. The Balaban J connectivity index is 0.00000180. The van der Waals surface area contributed by atoms with Crippen molar-refractivity contribution in [1.82, 2.24) is 10.2 Å². The summed E-state index contributed by atoms with van der Waals surface area (Å²) in [5.41, 5.74) is 1.00. The van der Waals surface area contributed by atoms with Crippen molar-refractivity contribution in [3.05, 3.63) is 39.9 Å². The molecule has 1 saturated heterocycles. The fourth-order valence-electron chi connectivity index (χ4n) is 2.24. The fourth-order valence-corrected chi connectivity index (χ4v) is 2.24. The van der Waals surface area contributed by atoms with Gasteiger partial charge in [0.15, 0.2) is 0 Å². The number of nitrogens with one attached hydrogen (secondary N) is 1. The number of aliphatic hydroxyl groups is 1. The SMILES string of the molecule is Cl.O=[N+]([O-])c1ccc([C@H](CO)N2CCNCC2)cc1. The smallest absolute Gasteiger partial charge is 0.269 e. The second-order valence-corrected chi connectivity index (χ2v) is 4.33. The number of nitro benzene ring substituents is 1. The van der Waals surface area contributed by atoms with Gasteiger partial charge in [0, 0.05) is 38.3 Å². The van der Waals surface area contributed by atoms with Crippen LogP contribution in [0.4, 0.5) is 5.69 Å². The first-order valence-corrected chi connectivity index (χ1v) is 6.02. The van der Waals surface area contributed by atoms with Gasteiger partial charge in [-0.1, -0.05) is 12.1 Å². The summed E-state index contributed by atoms with van der Waals surface area (Å²) < 4.78 is 0. The van der Waals surface area contributed by atoms with Gasteiger partial charge in [0.2, 0.25) is 0 Å². The van der Waals surface area contributed by atoms with Gasteiger partial charge >= 0.3 is 0 Å². The van der Waals surface area contributed by atoms with Gasteiger partial charge in [-0.15, -0.1) is 12.4 Å². The van der Waals surface area contributed by atoms with Crippen LogP contribution in [0.1, 0.15) is 11.6 Å². The summed E-state index contributed by atoms with van der Waals surface area (Å²) in [4.78, 5) is 12.4. The summed E-state index contributed by atoms with van der Waals surface area (Å²) in [5, 5.41) is 23.4. The molecule has 6 nitrogen and oxygen atoms in total. The van der Waals surface area contributed by atoms with Crippen LogP contribution in [0.3, 0.4) is 0 Å². The zero-order valence-electron chi connectivity index (χ0n) is 10.5. The highest BCUT2D eigenvalue weighted by Gasteiger charge is 2.21. The Hall–Kier alpha value is -1.21. The molecule has 2 N–H and O–H groups in total. The summed E-state index contributed by atoms with van der Waals surface area (Å²) in [7, 11) is 0.